The Morgan fingerprint density at radius 3 is 2.40 bits per heavy atom. The highest BCUT2D eigenvalue weighted by molar-refractivity contribution is 7.86. The Bertz CT molecular complexity index is 404. The molecule has 0 aliphatic carbocycles. The summed E-state index contributed by atoms with van der Waals surface area (Å²) < 4.78 is 29.0. The van der Waals surface area contributed by atoms with Gasteiger partial charge in [-0.15, -0.1) is 12.4 Å². The molecule has 2 aliphatic heterocycles. The third kappa shape index (κ3) is 3.65. The van der Waals surface area contributed by atoms with Gasteiger partial charge in [0.05, 0.1) is 0 Å². The van der Waals surface area contributed by atoms with Crippen molar-refractivity contribution < 1.29 is 8.42 Å². The number of hydrogen-bond acceptors (Lipinski definition) is 3. The van der Waals surface area contributed by atoms with E-state index in [1.165, 1.54) is 0 Å². The number of halogens is 1. The minimum absolute atomic E-state index is 0. The van der Waals surface area contributed by atoms with Crippen molar-refractivity contribution >= 4 is 22.6 Å². The molecule has 0 aromatic carbocycles. The van der Waals surface area contributed by atoms with Crippen LogP contribution >= 0.6 is 12.4 Å². The van der Waals surface area contributed by atoms with E-state index in [-0.39, 0.29) is 24.5 Å². The molecule has 2 aliphatic rings. The van der Waals surface area contributed by atoms with Gasteiger partial charge in [0, 0.05) is 31.7 Å². The van der Waals surface area contributed by atoms with Gasteiger partial charge in [-0.1, -0.05) is 13.3 Å². The lowest BCUT2D eigenvalue weighted by Crippen LogP contribution is -2.56. The van der Waals surface area contributed by atoms with Crippen molar-refractivity contribution in [3.63, 3.8) is 0 Å². The number of piperidine rings is 2. The molecule has 2 rings (SSSR count). The standard InChI is InChI=1S/C13H27N3O2S.ClH/c1-11-6-8-16(13(9-11)10-14)19(17,18)15-7-4-3-5-12(15)2;/h11-13H,3-10,14H2,1-2H3;1H. The van der Waals surface area contributed by atoms with Gasteiger partial charge in [0.15, 0.2) is 0 Å². The highest BCUT2D eigenvalue weighted by Gasteiger charge is 2.39. The van der Waals surface area contributed by atoms with Crippen LogP contribution in [-0.2, 0) is 10.2 Å². The molecule has 3 unspecified atom stereocenters. The van der Waals surface area contributed by atoms with Gasteiger partial charge in [-0.25, -0.2) is 0 Å². The minimum atomic E-state index is -3.33. The van der Waals surface area contributed by atoms with Crippen molar-refractivity contribution in [2.45, 2.75) is 58.0 Å². The lowest BCUT2D eigenvalue weighted by Gasteiger charge is -2.42. The first-order valence-electron chi connectivity index (χ1n) is 7.45. The predicted molar refractivity (Wildman–Crippen MR) is 84.1 cm³/mol. The summed E-state index contributed by atoms with van der Waals surface area (Å²) in [4.78, 5) is 0. The topological polar surface area (TPSA) is 66.6 Å². The molecule has 120 valence electrons. The Balaban J connectivity index is 0.00000200. The van der Waals surface area contributed by atoms with E-state index >= 15 is 0 Å². The van der Waals surface area contributed by atoms with Crippen molar-refractivity contribution in [3.05, 3.63) is 0 Å². The average molecular weight is 326 g/mol. The Morgan fingerprint density at radius 1 is 1.10 bits per heavy atom. The van der Waals surface area contributed by atoms with E-state index in [1.807, 2.05) is 6.92 Å². The highest BCUT2D eigenvalue weighted by Crippen LogP contribution is 2.29. The molecule has 2 heterocycles. The zero-order valence-electron chi connectivity index (χ0n) is 12.5. The number of rotatable bonds is 3. The molecule has 7 heteroatoms. The molecule has 0 aromatic rings. The zero-order chi connectivity index (χ0) is 14.0. The van der Waals surface area contributed by atoms with E-state index < -0.39 is 10.2 Å². The molecular weight excluding hydrogens is 298 g/mol. The Labute approximate surface area is 129 Å². The van der Waals surface area contributed by atoms with Crippen LogP contribution in [0.2, 0.25) is 0 Å². The smallest absolute Gasteiger partial charge is 0.282 e. The first-order chi connectivity index (χ1) is 8.96. The molecule has 0 bridgehead atoms. The number of nitrogens with zero attached hydrogens (tertiary/aromatic N) is 2. The molecule has 2 N–H and O–H groups in total. The molecule has 0 aromatic heterocycles. The summed E-state index contributed by atoms with van der Waals surface area (Å²) in [6, 6.07) is 0.0967. The summed E-state index contributed by atoms with van der Waals surface area (Å²) in [5.41, 5.74) is 5.79. The van der Waals surface area contributed by atoms with Crippen molar-refractivity contribution in [2.75, 3.05) is 19.6 Å². The SMILES string of the molecule is CC1CCN(S(=O)(=O)N2CCCCC2C)C(CN)C1.Cl. The summed E-state index contributed by atoms with van der Waals surface area (Å²) in [6.45, 7) is 5.89. The summed E-state index contributed by atoms with van der Waals surface area (Å²) in [5.74, 6) is 0.568. The monoisotopic (exact) mass is 325 g/mol. The maximum atomic E-state index is 12.8. The van der Waals surface area contributed by atoms with Crippen LogP contribution < -0.4 is 5.73 Å². The summed E-state index contributed by atoms with van der Waals surface area (Å²) in [5, 5.41) is 0. The zero-order valence-corrected chi connectivity index (χ0v) is 14.1. The highest BCUT2D eigenvalue weighted by atomic mass is 35.5. The largest absolute Gasteiger partial charge is 0.329 e. The van der Waals surface area contributed by atoms with Crippen LogP contribution in [0.5, 0.6) is 0 Å². The second kappa shape index (κ2) is 7.40. The maximum Gasteiger partial charge on any atom is 0.282 e. The third-order valence-corrected chi connectivity index (χ3v) is 6.74. The van der Waals surface area contributed by atoms with Crippen molar-refractivity contribution in [3.8, 4) is 0 Å². The van der Waals surface area contributed by atoms with Crippen molar-refractivity contribution in [2.24, 2.45) is 11.7 Å². The van der Waals surface area contributed by atoms with Crippen molar-refractivity contribution in [1.29, 1.82) is 0 Å². The van der Waals surface area contributed by atoms with Gasteiger partial charge in [0.2, 0.25) is 0 Å². The lowest BCUT2D eigenvalue weighted by molar-refractivity contribution is 0.180. The fourth-order valence-electron chi connectivity index (χ4n) is 3.30. The third-order valence-electron chi connectivity index (χ3n) is 4.53. The Morgan fingerprint density at radius 2 is 1.80 bits per heavy atom. The minimum Gasteiger partial charge on any atom is -0.329 e. The fraction of sp³-hybridized carbons (Fsp3) is 1.00. The Hall–Kier alpha value is 0.120. The van der Waals surface area contributed by atoms with Gasteiger partial charge >= 0.3 is 0 Å². The molecule has 2 fully saturated rings. The molecule has 0 amide bonds. The summed E-state index contributed by atoms with van der Waals surface area (Å²) >= 11 is 0. The quantitative estimate of drug-likeness (QED) is 0.856. The van der Waals surface area contributed by atoms with Crippen LogP contribution in [0.1, 0.15) is 46.0 Å². The van der Waals surface area contributed by atoms with Crippen LogP contribution in [0.25, 0.3) is 0 Å². The van der Waals surface area contributed by atoms with E-state index in [2.05, 4.69) is 6.92 Å². The molecular formula is C13H28ClN3O2S. The first-order valence-corrected chi connectivity index (χ1v) is 8.85. The van der Waals surface area contributed by atoms with Crippen LogP contribution in [0, 0.1) is 5.92 Å². The fourth-order valence-corrected chi connectivity index (χ4v) is 5.37. The predicted octanol–water partition coefficient (Wildman–Crippen LogP) is 1.59. The van der Waals surface area contributed by atoms with Crippen LogP contribution in [0.15, 0.2) is 0 Å². The van der Waals surface area contributed by atoms with E-state index in [4.69, 9.17) is 5.73 Å². The number of nitrogens with two attached hydrogens (primary N) is 1. The van der Waals surface area contributed by atoms with Gasteiger partial charge in [-0.3, -0.25) is 0 Å². The summed E-state index contributed by atoms with van der Waals surface area (Å²) in [6.07, 6.45) is 4.90. The molecule has 2 saturated heterocycles. The molecule has 20 heavy (non-hydrogen) atoms. The average Bonchev–Trinajstić information content (AvgIpc) is 2.38. The van der Waals surface area contributed by atoms with Gasteiger partial charge in [-0.05, 0) is 38.5 Å². The molecule has 3 atom stereocenters. The van der Waals surface area contributed by atoms with Crippen LogP contribution in [0.3, 0.4) is 0 Å². The number of hydrogen-bond donors (Lipinski definition) is 1. The summed E-state index contributed by atoms with van der Waals surface area (Å²) in [7, 11) is -3.33. The first kappa shape index (κ1) is 18.2. The van der Waals surface area contributed by atoms with Gasteiger partial charge < -0.3 is 5.73 Å². The van der Waals surface area contributed by atoms with Gasteiger partial charge in [-0.2, -0.15) is 17.0 Å². The second-order valence-corrected chi connectivity index (χ2v) is 7.93. The van der Waals surface area contributed by atoms with Gasteiger partial charge in [0.1, 0.15) is 0 Å². The van der Waals surface area contributed by atoms with Gasteiger partial charge in [0.25, 0.3) is 10.2 Å². The molecule has 0 spiro atoms. The second-order valence-electron chi connectivity index (χ2n) is 6.09. The molecule has 0 radical (unpaired) electrons. The van der Waals surface area contributed by atoms with E-state index in [9.17, 15) is 8.42 Å². The van der Waals surface area contributed by atoms with E-state index in [0.717, 1.165) is 32.1 Å². The maximum absolute atomic E-state index is 12.8. The van der Waals surface area contributed by atoms with Crippen LogP contribution in [-0.4, -0.2) is 48.7 Å². The normalized spacial score (nSPS) is 33.6. The Kier molecular flexibility index (Phi) is 6.73. The van der Waals surface area contributed by atoms with E-state index in [0.29, 0.717) is 25.6 Å². The molecule has 5 nitrogen and oxygen atoms in total. The molecule has 0 saturated carbocycles. The van der Waals surface area contributed by atoms with Crippen LogP contribution in [0.4, 0.5) is 0 Å². The lowest BCUT2D eigenvalue weighted by atomic mass is 9.94. The van der Waals surface area contributed by atoms with Crippen molar-refractivity contribution in [1.82, 2.24) is 8.61 Å². The van der Waals surface area contributed by atoms with E-state index in [1.54, 1.807) is 8.61 Å².